The fraction of sp³-hybridized carbons (Fsp3) is 0.583. The van der Waals surface area contributed by atoms with Gasteiger partial charge in [-0.05, 0) is 6.07 Å². The van der Waals surface area contributed by atoms with Gasteiger partial charge in [-0.3, -0.25) is 9.69 Å². The maximum absolute atomic E-state index is 12.3. The summed E-state index contributed by atoms with van der Waals surface area (Å²) in [7, 11) is 0. The van der Waals surface area contributed by atoms with E-state index in [9.17, 15) is 4.79 Å². The maximum atomic E-state index is 12.3. The molecule has 0 atom stereocenters. The number of hydrogen-bond donors (Lipinski definition) is 2. The molecule has 0 bridgehead atoms. The van der Waals surface area contributed by atoms with Crippen LogP contribution >= 0.6 is 23.2 Å². The van der Waals surface area contributed by atoms with Crippen LogP contribution in [0.2, 0.25) is 10.2 Å². The van der Waals surface area contributed by atoms with Crippen LogP contribution in [0.3, 0.4) is 0 Å². The van der Waals surface area contributed by atoms with Gasteiger partial charge in [0.05, 0.1) is 5.02 Å². The van der Waals surface area contributed by atoms with E-state index in [0.717, 1.165) is 39.3 Å². The fourth-order valence-electron chi connectivity index (χ4n) is 2.51. The normalized spacial score (nSPS) is 21.5. The van der Waals surface area contributed by atoms with Crippen molar-refractivity contribution in [1.82, 2.24) is 20.1 Å². The lowest BCUT2D eigenvalue weighted by Gasteiger charge is -2.43. The van der Waals surface area contributed by atoms with Crippen molar-refractivity contribution in [3.05, 3.63) is 21.9 Å². The number of aromatic nitrogens is 1. The Kier molecular flexibility index (Phi) is 3.71. The molecular weight excluding hydrogens is 287 g/mol. The summed E-state index contributed by atoms with van der Waals surface area (Å²) < 4.78 is 0. The summed E-state index contributed by atoms with van der Waals surface area (Å²) in [4.78, 5) is 19.4. The number of nitrogens with zero attached hydrogens (tertiary/aromatic N) is 2. The number of carbonyl (C=O) groups excluding carboxylic acids is 1. The van der Waals surface area contributed by atoms with Gasteiger partial charge in [0.1, 0.15) is 10.8 Å². The SMILES string of the molecule is O=C(c1cc(Cl)c(Cl)[nH]1)N1CCN(C2CNC2)CC1. The predicted molar refractivity (Wildman–Crippen MR) is 74.9 cm³/mol. The van der Waals surface area contributed by atoms with E-state index in [0.29, 0.717) is 21.9 Å². The van der Waals surface area contributed by atoms with E-state index in [4.69, 9.17) is 23.2 Å². The second-order valence-electron chi connectivity index (χ2n) is 4.99. The van der Waals surface area contributed by atoms with Crippen molar-refractivity contribution in [2.24, 2.45) is 0 Å². The number of hydrogen-bond acceptors (Lipinski definition) is 3. The molecule has 2 fully saturated rings. The monoisotopic (exact) mass is 302 g/mol. The van der Waals surface area contributed by atoms with Crippen molar-refractivity contribution < 1.29 is 4.79 Å². The molecular formula is C12H16Cl2N4O. The van der Waals surface area contributed by atoms with Crippen molar-refractivity contribution in [2.75, 3.05) is 39.3 Å². The largest absolute Gasteiger partial charge is 0.340 e. The summed E-state index contributed by atoms with van der Waals surface area (Å²) in [6.07, 6.45) is 0. The highest BCUT2D eigenvalue weighted by Crippen LogP contribution is 2.23. The zero-order chi connectivity index (χ0) is 13.4. The molecule has 2 saturated heterocycles. The van der Waals surface area contributed by atoms with E-state index in [1.54, 1.807) is 6.07 Å². The first-order valence-corrected chi connectivity index (χ1v) is 7.19. The number of carbonyl (C=O) groups is 1. The Balaban J connectivity index is 1.59. The lowest BCUT2D eigenvalue weighted by molar-refractivity contribution is 0.0498. The van der Waals surface area contributed by atoms with Crippen molar-refractivity contribution in [3.63, 3.8) is 0 Å². The molecule has 104 valence electrons. The van der Waals surface area contributed by atoms with Gasteiger partial charge >= 0.3 is 0 Å². The molecule has 19 heavy (non-hydrogen) atoms. The van der Waals surface area contributed by atoms with Gasteiger partial charge in [-0.25, -0.2) is 0 Å². The smallest absolute Gasteiger partial charge is 0.270 e. The summed E-state index contributed by atoms with van der Waals surface area (Å²) in [5.41, 5.74) is 0.466. The Morgan fingerprint density at radius 1 is 1.21 bits per heavy atom. The van der Waals surface area contributed by atoms with Gasteiger partial charge in [-0.2, -0.15) is 0 Å². The van der Waals surface area contributed by atoms with Gasteiger partial charge < -0.3 is 15.2 Å². The van der Waals surface area contributed by atoms with Crippen LogP contribution in [0.15, 0.2) is 6.07 Å². The molecule has 0 unspecified atom stereocenters. The zero-order valence-corrected chi connectivity index (χ0v) is 12.0. The Labute approximate surface area is 121 Å². The van der Waals surface area contributed by atoms with Crippen LogP contribution in [0.5, 0.6) is 0 Å². The molecule has 3 rings (SSSR count). The second-order valence-corrected chi connectivity index (χ2v) is 5.77. The van der Waals surface area contributed by atoms with Crippen LogP contribution in [0.1, 0.15) is 10.5 Å². The molecule has 0 aliphatic carbocycles. The lowest BCUT2D eigenvalue weighted by atomic mass is 10.1. The van der Waals surface area contributed by atoms with Gasteiger partial charge in [0.15, 0.2) is 0 Å². The van der Waals surface area contributed by atoms with Crippen molar-refractivity contribution >= 4 is 29.1 Å². The van der Waals surface area contributed by atoms with Crippen molar-refractivity contribution in [3.8, 4) is 0 Å². The predicted octanol–water partition coefficient (Wildman–Crippen LogP) is 1.05. The average Bonchev–Trinajstić information content (AvgIpc) is 2.68. The number of nitrogens with one attached hydrogen (secondary N) is 2. The molecule has 0 saturated carbocycles. The molecule has 1 aromatic heterocycles. The number of H-pyrrole nitrogens is 1. The Bertz CT molecular complexity index is 459. The van der Waals surface area contributed by atoms with E-state index >= 15 is 0 Å². The number of amides is 1. The highest BCUT2D eigenvalue weighted by atomic mass is 35.5. The Morgan fingerprint density at radius 3 is 2.37 bits per heavy atom. The third-order valence-electron chi connectivity index (χ3n) is 3.83. The highest BCUT2D eigenvalue weighted by molar-refractivity contribution is 6.41. The highest BCUT2D eigenvalue weighted by Gasteiger charge is 2.29. The van der Waals surface area contributed by atoms with Gasteiger partial charge in [0.2, 0.25) is 0 Å². The molecule has 3 heterocycles. The summed E-state index contributed by atoms with van der Waals surface area (Å²) in [6, 6.07) is 2.24. The van der Waals surface area contributed by atoms with E-state index in [-0.39, 0.29) is 5.91 Å². The van der Waals surface area contributed by atoms with Crippen LogP contribution in [-0.2, 0) is 0 Å². The average molecular weight is 303 g/mol. The minimum atomic E-state index is -0.0276. The quantitative estimate of drug-likeness (QED) is 0.859. The molecule has 0 radical (unpaired) electrons. The first-order chi connectivity index (χ1) is 9.15. The second kappa shape index (κ2) is 5.32. The molecule has 7 heteroatoms. The number of halogens is 2. The van der Waals surface area contributed by atoms with E-state index in [1.807, 2.05) is 4.90 Å². The molecule has 5 nitrogen and oxygen atoms in total. The zero-order valence-electron chi connectivity index (χ0n) is 10.5. The van der Waals surface area contributed by atoms with Crippen LogP contribution in [-0.4, -0.2) is 66.0 Å². The minimum Gasteiger partial charge on any atom is -0.340 e. The summed E-state index contributed by atoms with van der Waals surface area (Å²) >= 11 is 11.7. The number of rotatable bonds is 2. The van der Waals surface area contributed by atoms with Crippen molar-refractivity contribution in [1.29, 1.82) is 0 Å². The molecule has 0 spiro atoms. The van der Waals surface area contributed by atoms with Gasteiger partial charge in [0.25, 0.3) is 5.91 Å². The molecule has 2 aliphatic heterocycles. The molecule has 2 N–H and O–H groups in total. The first kappa shape index (κ1) is 13.2. The van der Waals surface area contributed by atoms with Crippen LogP contribution in [0.25, 0.3) is 0 Å². The van der Waals surface area contributed by atoms with Crippen molar-refractivity contribution in [2.45, 2.75) is 6.04 Å². The molecule has 2 aliphatic rings. The van der Waals surface area contributed by atoms with E-state index < -0.39 is 0 Å². The third kappa shape index (κ3) is 2.60. The van der Waals surface area contributed by atoms with Gasteiger partial charge in [0, 0.05) is 45.3 Å². The number of piperazine rings is 1. The Morgan fingerprint density at radius 2 is 1.89 bits per heavy atom. The van der Waals surface area contributed by atoms with Crippen LogP contribution in [0, 0.1) is 0 Å². The first-order valence-electron chi connectivity index (χ1n) is 6.43. The van der Waals surface area contributed by atoms with Crippen LogP contribution in [0.4, 0.5) is 0 Å². The Hall–Kier alpha value is -0.750. The van der Waals surface area contributed by atoms with E-state index in [1.165, 1.54) is 0 Å². The standard InChI is InChI=1S/C12H16Cl2N4O/c13-9-5-10(16-11(9)14)12(19)18-3-1-17(2-4-18)8-6-15-7-8/h5,8,15-16H,1-4,6-7H2. The van der Waals surface area contributed by atoms with Gasteiger partial charge in [-0.15, -0.1) is 0 Å². The maximum Gasteiger partial charge on any atom is 0.270 e. The molecule has 1 aromatic rings. The summed E-state index contributed by atoms with van der Waals surface area (Å²) in [5, 5.41) is 3.99. The lowest BCUT2D eigenvalue weighted by Crippen LogP contribution is -2.62. The fourth-order valence-corrected chi connectivity index (χ4v) is 2.82. The summed E-state index contributed by atoms with van der Waals surface area (Å²) in [6.45, 7) is 5.50. The topological polar surface area (TPSA) is 51.4 Å². The third-order valence-corrected chi connectivity index (χ3v) is 4.53. The minimum absolute atomic E-state index is 0.0276. The molecule has 1 amide bonds. The van der Waals surface area contributed by atoms with E-state index in [2.05, 4.69) is 15.2 Å². The van der Waals surface area contributed by atoms with Crippen LogP contribution < -0.4 is 5.32 Å². The number of aromatic amines is 1. The molecule has 0 aromatic carbocycles. The summed E-state index contributed by atoms with van der Waals surface area (Å²) in [5.74, 6) is -0.0276. The van der Waals surface area contributed by atoms with Gasteiger partial charge in [-0.1, -0.05) is 23.2 Å².